The van der Waals surface area contributed by atoms with Gasteiger partial charge in [-0.3, -0.25) is 14.6 Å². The van der Waals surface area contributed by atoms with Crippen LogP contribution in [-0.4, -0.2) is 15.9 Å². The number of nitrogens with one attached hydrogen (secondary N) is 2. The first-order valence-electron chi connectivity index (χ1n) is 6.07. The van der Waals surface area contributed by atoms with E-state index in [0.29, 0.717) is 22.2 Å². The van der Waals surface area contributed by atoms with Crippen molar-refractivity contribution >= 4 is 22.5 Å². The topological polar surface area (TPSA) is 74.8 Å². The van der Waals surface area contributed by atoms with Gasteiger partial charge in [-0.05, 0) is 18.2 Å². The van der Waals surface area contributed by atoms with Gasteiger partial charge in [0.05, 0.1) is 17.4 Å². The van der Waals surface area contributed by atoms with Crippen LogP contribution in [0, 0.1) is 0 Å². The molecule has 3 rings (SSSR count). The molecule has 3 aromatic rings. The fraction of sp³-hybridized carbons (Fsp3) is 0. The van der Waals surface area contributed by atoms with Gasteiger partial charge in [0.1, 0.15) is 0 Å². The summed E-state index contributed by atoms with van der Waals surface area (Å²) in [5, 5.41) is 3.43. The minimum Gasteiger partial charge on any atom is -0.322 e. The lowest BCUT2D eigenvalue weighted by Crippen LogP contribution is -2.16. The molecule has 1 amide bonds. The van der Waals surface area contributed by atoms with Gasteiger partial charge in [0.25, 0.3) is 5.91 Å². The molecular formula is C15H11N3O2. The zero-order valence-corrected chi connectivity index (χ0v) is 10.5. The molecule has 1 aromatic carbocycles. The Balaban J connectivity index is 2.05. The van der Waals surface area contributed by atoms with Crippen LogP contribution in [0.1, 0.15) is 10.4 Å². The van der Waals surface area contributed by atoms with Gasteiger partial charge in [-0.25, -0.2) is 0 Å². The van der Waals surface area contributed by atoms with Crippen LogP contribution in [-0.2, 0) is 0 Å². The van der Waals surface area contributed by atoms with Gasteiger partial charge >= 0.3 is 0 Å². The summed E-state index contributed by atoms with van der Waals surface area (Å²) in [6, 6.07) is 11.9. The number of nitrogens with zero attached hydrogens (tertiary/aromatic N) is 1. The van der Waals surface area contributed by atoms with Gasteiger partial charge in [0.15, 0.2) is 0 Å². The van der Waals surface area contributed by atoms with Crippen LogP contribution in [0.4, 0.5) is 5.69 Å². The van der Waals surface area contributed by atoms with Crippen molar-refractivity contribution in [2.75, 3.05) is 5.32 Å². The van der Waals surface area contributed by atoms with Crippen LogP contribution in [0.2, 0.25) is 0 Å². The Bertz CT molecular complexity index is 825. The fourth-order valence-electron chi connectivity index (χ4n) is 2.03. The highest BCUT2D eigenvalue weighted by molar-refractivity contribution is 6.12. The van der Waals surface area contributed by atoms with Gasteiger partial charge in [0.2, 0.25) is 5.56 Å². The molecule has 0 unspecified atom stereocenters. The summed E-state index contributed by atoms with van der Waals surface area (Å²) < 4.78 is 0. The molecule has 0 aliphatic rings. The van der Waals surface area contributed by atoms with E-state index in [-0.39, 0.29) is 11.5 Å². The van der Waals surface area contributed by atoms with Crippen molar-refractivity contribution in [3.8, 4) is 0 Å². The first-order chi connectivity index (χ1) is 9.74. The summed E-state index contributed by atoms with van der Waals surface area (Å²) in [4.78, 5) is 30.5. The lowest BCUT2D eigenvalue weighted by molar-refractivity contribution is 0.102. The molecule has 0 saturated heterocycles. The predicted molar refractivity (Wildman–Crippen MR) is 76.8 cm³/mol. The second kappa shape index (κ2) is 4.97. The van der Waals surface area contributed by atoms with E-state index in [1.165, 1.54) is 6.07 Å². The minimum atomic E-state index is -0.333. The molecule has 0 atom stereocenters. The monoisotopic (exact) mass is 265 g/mol. The van der Waals surface area contributed by atoms with Crippen LogP contribution in [0.3, 0.4) is 0 Å². The molecule has 0 spiro atoms. The van der Waals surface area contributed by atoms with E-state index < -0.39 is 0 Å². The Kier molecular flexibility index (Phi) is 3.01. The molecule has 0 fully saturated rings. The molecular weight excluding hydrogens is 254 g/mol. The Labute approximate surface area is 114 Å². The maximum Gasteiger partial charge on any atom is 0.256 e. The third kappa shape index (κ3) is 2.29. The molecule has 5 heteroatoms. The maximum atomic E-state index is 12.3. The van der Waals surface area contributed by atoms with Crippen molar-refractivity contribution in [1.29, 1.82) is 0 Å². The zero-order valence-electron chi connectivity index (χ0n) is 10.5. The Morgan fingerprint density at radius 3 is 2.80 bits per heavy atom. The number of pyridine rings is 2. The number of hydrogen-bond donors (Lipinski definition) is 2. The number of carbonyl (C=O) groups is 1. The number of aromatic nitrogens is 2. The molecule has 5 nitrogen and oxygen atoms in total. The molecule has 0 aliphatic heterocycles. The van der Waals surface area contributed by atoms with Crippen molar-refractivity contribution < 1.29 is 4.79 Å². The first kappa shape index (κ1) is 12.1. The standard InChI is InChI=1S/C15H11N3O2/c19-14-8-12(11-5-1-2-6-13(11)18-14)15(20)17-10-4-3-7-16-9-10/h1-9H,(H,17,20)(H,18,19). The van der Waals surface area contributed by atoms with Crippen LogP contribution < -0.4 is 10.9 Å². The fourth-order valence-corrected chi connectivity index (χ4v) is 2.03. The van der Waals surface area contributed by atoms with Crippen LogP contribution in [0.5, 0.6) is 0 Å². The molecule has 2 N–H and O–H groups in total. The number of benzene rings is 1. The minimum absolute atomic E-state index is 0.306. The smallest absolute Gasteiger partial charge is 0.256 e. The number of anilines is 1. The van der Waals surface area contributed by atoms with Crippen molar-refractivity contribution in [3.63, 3.8) is 0 Å². The van der Waals surface area contributed by atoms with E-state index in [1.807, 2.05) is 6.07 Å². The summed E-state index contributed by atoms with van der Waals surface area (Å²) in [7, 11) is 0. The number of fused-ring (bicyclic) bond motifs is 1. The first-order valence-corrected chi connectivity index (χ1v) is 6.07. The van der Waals surface area contributed by atoms with Gasteiger partial charge in [-0.1, -0.05) is 18.2 Å². The third-order valence-corrected chi connectivity index (χ3v) is 2.91. The Morgan fingerprint density at radius 1 is 1.15 bits per heavy atom. The molecule has 20 heavy (non-hydrogen) atoms. The predicted octanol–water partition coefficient (Wildman–Crippen LogP) is 2.18. The third-order valence-electron chi connectivity index (χ3n) is 2.91. The van der Waals surface area contributed by atoms with Crippen LogP contribution in [0.15, 0.2) is 59.7 Å². The molecule has 0 aliphatic carbocycles. The van der Waals surface area contributed by atoms with Crippen LogP contribution >= 0.6 is 0 Å². The Hall–Kier alpha value is -2.95. The maximum absolute atomic E-state index is 12.3. The van der Waals surface area contributed by atoms with Gasteiger partial charge in [0, 0.05) is 23.2 Å². The number of H-pyrrole nitrogens is 1. The highest BCUT2D eigenvalue weighted by Gasteiger charge is 2.11. The second-order valence-electron chi connectivity index (χ2n) is 4.29. The van der Waals surface area contributed by atoms with E-state index in [2.05, 4.69) is 15.3 Å². The number of para-hydroxylation sites is 1. The normalized spacial score (nSPS) is 10.4. The Morgan fingerprint density at radius 2 is 2.00 bits per heavy atom. The highest BCUT2D eigenvalue weighted by Crippen LogP contribution is 2.16. The summed E-state index contributed by atoms with van der Waals surface area (Å²) in [6.07, 6.45) is 3.17. The van der Waals surface area contributed by atoms with Crippen molar-refractivity contribution in [2.45, 2.75) is 0 Å². The van der Waals surface area contributed by atoms with Crippen molar-refractivity contribution in [3.05, 3.63) is 70.8 Å². The number of amides is 1. The van der Waals surface area contributed by atoms with Gasteiger partial charge < -0.3 is 10.3 Å². The van der Waals surface area contributed by atoms with E-state index in [1.54, 1.807) is 42.7 Å². The molecule has 0 bridgehead atoms. The summed E-state index contributed by atoms with van der Waals surface area (Å²) >= 11 is 0. The lowest BCUT2D eigenvalue weighted by atomic mass is 10.1. The second-order valence-corrected chi connectivity index (χ2v) is 4.29. The largest absolute Gasteiger partial charge is 0.322 e. The van der Waals surface area contributed by atoms with E-state index in [0.717, 1.165) is 0 Å². The van der Waals surface area contributed by atoms with Crippen molar-refractivity contribution in [2.24, 2.45) is 0 Å². The molecule has 0 radical (unpaired) electrons. The summed E-state index contributed by atoms with van der Waals surface area (Å²) in [5.41, 5.74) is 1.26. The van der Waals surface area contributed by atoms with Crippen molar-refractivity contribution in [1.82, 2.24) is 9.97 Å². The zero-order chi connectivity index (χ0) is 13.9. The van der Waals surface area contributed by atoms with E-state index in [4.69, 9.17) is 0 Å². The van der Waals surface area contributed by atoms with Gasteiger partial charge in [-0.15, -0.1) is 0 Å². The summed E-state index contributed by atoms with van der Waals surface area (Å²) in [5.74, 6) is -0.333. The number of rotatable bonds is 2. The van der Waals surface area contributed by atoms with E-state index in [9.17, 15) is 9.59 Å². The molecule has 2 aromatic heterocycles. The number of hydrogen-bond acceptors (Lipinski definition) is 3. The quantitative estimate of drug-likeness (QED) is 0.745. The molecule has 2 heterocycles. The highest BCUT2D eigenvalue weighted by atomic mass is 16.2. The van der Waals surface area contributed by atoms with E-state index >= 15 is 0 Å². The molecule has 98 valence electrons. The SMILES string of the molecule is O=C(Nc1cccnc1)c1cc(=O)[nH]c2ccccc12. The van der Waals surface area contributed by atoms with Crippen LogP contribution in [0.25, 0.3) is 10.9 Å². The average Bonchev–Trinajstić information content (AvgIpc) is 2.47. The molecule has 0 saturated carbocycles. The average molecular weight is 265 g/mol. The lowest BCUT2D eigenvalue weighted by Gasteiger charge is -2.07. The van der Waals surface area contributed by atoms with Gasteiger partial charge in [-0.2, -0.15) is 0 Å². The summed E-state index contributed by atoms with van der Waals surface area (Å²) in [6.45, 7) is 0. The number of aromatic amines is 1. The number of carbonyl (C=O) groups excluding carboxylic acids is 1.